The Hall–Kier alpha value is -3.07. The Balaban J connectivity index is 1.81. The summed E-state index contributed by atoms with van der Waals surface area (Å²) in [5.41, 5.74) is -1.09. The van der Waals surface area contributed by atoms with Crippen LogP contribution in [0.25, 0.3) is 0 Å². The van der Waals surface area contributed by atoms with Crippen LogP contribution in [0.4, 0.5) is 10.5 Å². The van der Waals surface area contributed by atoms with Gasteiger partial charge in [0.1, 0.15) is 5.54 Å². The molecule has 1 N–H and O–H groups in total. The molecule has 140 valence electrons. The van der Waals surface area contributed by atoms with Crippen molar-refractivity contribution in [3.05, 3.63) is 61.8 Å². The van der Waals surface area contributed by atoms with Crippen molar-refractivity contribution in [2.45, 2.75) is 25.8 Å². The molecular formula is C18H17N3O5S. The lowest BCUT2D eigenvalue weighted by molar-refractivity contribution is -0.384. The largest absolute Gasteiger partial charge is 0.325 e. The van der Waals surface area contributed by atoms with Crippen molar-refractivity contribution in [1.29, 1.82) is 0 Å². The second-order valence-electron chi connectivity index (χ2n) is 6.29. The van der Waals surface area contributed by atoms with Gasteiger partial charge in [0.15, 0.2) is 5.78 Å². The molecule has 1 aliphatic heterocycles. The number of benzene rings is 1. The lowest BCUT2D eigenvalue weighted by atomic mass is 9.92. The topological polar surface area (TPSA) is 110 Å². The zero-order valence-electron chi connectivity index (χ0n) is 14.7. The number of nitro groups is 1. The van der Waals surface area contributed by atoms with E-state index in [9.17, 15) is 24.5 Å². The summed E-state index contributed by atoms with van der Waals surface area (Å²) in [6, 6.07) is 8.27. The molecule has 2 heterocycles. The summed E-state index contributed by atoms with van der Waals surface area (Å²) in [7, 11) is 0. The SMILES string of the molecule is CCc1ccc(C(=O)CN2C(=O)N[C@@](C)(c3ccc([N+](=O)[O-])cc3)C2=O)s1. The van der Waals surface area contributed by atoms with Gasteiger partial charge >= 0.3 is 6.03 Å². The Bertz CT molecular complexity index is 937. The number of amides is 3. The highest BCUT2D eigenvalue weighted by molar-refractivity contribution is 7.14. The number of urea groups is 1. The number of imide groups is 1. The Morgan fingerprint density at radius 3 is 2.44 bits per heavy atom. The molecule has 1 saturated heterocycles. The third-order valence-electron chi connectivity index (χ3n) is 4.52. The van der Waals surface area contributed by atoms with Gasteiger partial charge in [0.05, 0.1) is 16.3 Å². The van der Waals surface area contributed by atoms with Crippen LogP contribution in [0.3, 0.4) is 0 Å². The number of rotatable bonds is 6. The van der Waals surface area contributed by atoms with Crippen molar-refractivity contribution in [3.8, 4) is 0 Å². The van der Waals surface area contributed by atoms with E-state index in [4.69, 9.17) is 0 Å². The van der Waals surface area contributed by atoms with Crippen LogP contribution in [-0.4, -0.2) is 34.1 Å². The van der Waals surface area contributed by atoms with Crippen molar-refractivity contribution < 1.29 is 19.3 Å². The van der Waals surface area contributed by atoms with Gasteiger partial charge in [-0.2, -0.15) is 0 Å². The fourth-order valence-electron chi connectivity index (χ4n) is 2.89. The zero-order valence-corrected chi connectivity index (χ0v) is 15.5. The van der Waals surface area contributed by atoms with Gasteiger partial charge in [-0.1, -0.05) is 6.92 Å². The molecule has 3 amide bonds. The number of thiophene rings is 1. The van der Waals surface area contributed by atoms with Gasteiger partial charge in [-0.15, -0.1) is 11.3 Å². The normalized spacial score (nSPS) is 19.3. The first-order valence-corrected chi connectivity index (χ1v) is 9.09. The summed E-state index contributed by atoms with van der Waals surface area (Å²) in [6.07, 6.45) is 0.805. The van der Waals surface area contributed by atoms with Crippen LogP contribution >= 0.6 is 11.3 Å². The second-order valence-corrected chi connectivity index (χ2v) is 7.46. The minimum atomic E-state index is -1.38. The van der Waals surface area contributed by atoms with E-state index in [0.29, 0.717) is 10.4 Å². The number of nitrogens with zero attached hydrogens (tertiary/aromatic N) is 2. The first-order valence-electron chi connectivity index (χ1n) is 8.27. The summed E-state index contributed by atoms with van der Waals surface area (Å²) in [6.45, 7) is 3.14. The fraction of sp³-hybridized carbons (Fsp3) is 0.278. The van der Waals surface area contributed by atoms with Crippen LogP contribution in [0.2, 0.25) is 0 Å². The average Bonchev–Trinajstić information content (AvgIpc) is 3.21. The number of non-ortho nitro benzene ring substituents is 1. The summed E-state index contributed by atoms with van der Waals surface area (Å²) < 4.78 is 0. The number of hydrogen-bond donors (Lipinski definition) is 1. The van der Waals surface area contributed by atoms with Gasteiger partial charge in [0.25, 0.3) is 11.6 Å². The van der Waals surface area contributed by atoms with Crippen LogP contribution in [0, 0.1) is 10.1 Å². The smallest absolute Gasteiger partial charge is 0.319 e. The Kier molecular flexibility index (Phi) is 4.79. The predicted molar refractivity (Wildman–Crippen MR) is 98.7 cm³/mol. The molecule has 0 bridgehead atoms. The van der Waals surface area contributed by atoms with Crippen molar-refractivity contribution in [2.24, 2.45) is 0 Å². The molecule has 2 aromatic rings. The maximum atomic E-state index is 12.8. The maximum absolute atomic E-state index is 12.8. The molecule has 0 spiro atoms. The number of ketones is 1. The third kappa shape index (κ3) is 3.33. The number of nitro benzene ring substituents is 1. The molecule has 9 heteroatoms. The molecule has 1 atom stereocenters. The number of Topliss-reactive ketones (excluding diaryl/α,β-unsaturated/α-hetero) is 1. The summed E-state index contributed by atoms with van der Waals surface area (Å²) in [5.74, 6) is -0.877. The standard InChI is InChI=1S/C18H17N3O5S/c1-3-13-8-9-15(27-13)14(22)10-20-16(23)18(2,19-17(20)24)11-4-6-12(7-5-11)21(25)26/h4-9H,3,10H2,1-2H3,(H,19,24)/t18-/m0/s1. The van der Waals surface area contributed by atoms with E-state index in [-0.39, 0.29) is 18.0 Å². The van der Waals surface area contributed by atoms with Crippen LogP contribution in [0.1, 0.15) is 34.0 Å². The predicted octanol–water partition coefficient (Wildman–Crippen LogP) is 2.87. The molecule has 1 fully saturated rings. The van der Waals surface area contributed by atoms with Gasteiger partial charge in [-0.25, -0.2) is 4.79 Å². The Labute approximate surface area is 158 Å². The van der Waals surface area contributed by atoms with Crippen molar-refractivity contribution in [2.75, 3.05) is 6.54 Å². The maximum Gasteiger partial charge on any atom is 0.325 e. The first-order chi connectivity index (χ1) is 12.8. The van der Waals surface area contributed by atoms with E-state index in [1.807, 2.05) is 13.0 Å². The van der Waals surface area contributed by atoms with E-state index in [0.717, 1.165) is 16.2 Å². The molecule has 1 aliphatic rings. The molecule has 27 heavy (non-hydrogen) atoms. The highest BCUT2D eigenvalue weighted by atomic mass is 32.1. The zero-order chi connectivity index (χ0) is 19.8. The van der Waals surface area contributed by atoms with Crippen LogP contribution in [0.5, 0.6) is 0 Å². The number of nitrogens with one attached hydrogen (secondary N) is 1. The summed E-state index contributed by atoms with van der Waals surface area (Å²) in [4.78, 5) is 50.3. The molecule has 0 saturated carbocycles. The van der Waals surface area contributed by atoms with Gasteiger partial charge in [-0.05, 0) is 43.2 Å². The molecule has 0 unspecified atom stereocenters. The lowest BCUT2D eigenvalue weighted by Crippen LogP contribution is -2.41. The lowest BCUT2D eigenvalue weighted by Gasteiger charge is -2.21. The van der Waals surface area contributed by atoms with E-state index in [1.54, 1.807) is 6.07 Å². The fourth-order valence-corrected chi connectivity index (χ4v) is 3.77. The first kappa shape index (κ1) is 18.7. The Morgan fingerprint density at radius 1 is 1.22 bits per heavy atom. The van der Waals surface area contributed by atoms with Crippen LogP contribution in [-0.2, 0) is 16.8 Å². The van der Waals surface area contributed by atoms with Gasteiger partial charge in [-0.3, -0.25) is 24.6 Å². The molecule has 0 aliphatic carbocycles. The van der Waals surface area contributed by atoms with E-state index >= 15 is 0 Å². The third-order valence-corrected chi connectivity index (χ3v) is 5.79. The summed E-state index contributed by atoms with van der Waals surface area (Å²) in [5, 5.41) is 13.4. The number of hydrogen-bond acceptors (Lipinski definition) is 6. The minimum absolute atomic E-state index is 0.115. The van der Waals surface area contributed by atoms with Gasteiger partial charge < -0.3 is 5.32 Å². The Morgan fingerprint density at radius 2 is 1.89 bits per heavy atom. The van der Waals surface area contributed by atoms with Crippen LogP contribution < -0.4 is 5.32 Å². The van der Waals surface area contributed by atoms with Gasteiger partial charge in [0, 0.05) is 17.0 Å². The molecule has 1 aromatic heterocycles. The van der Waals surface area contributed by atoms with Crippen molar-refractivity contribution in [1.82, 2.24) is 10.2 Å². The van der Waals surface area contributed by atoms with Crippen molar-refractivity contribution in [3.63, 3.8) is 0 Å². The van der Waals surface area contributed by atoms with E-state index in [1.165, 1.54) is 42.5 Å². The highest BCUT2D eigenvalue weighted by Crippen LogP contribution is 2.30. The summed E-state index contributed by atoms with van der Waals surface area (Å²) >= 11 is 1.34. The molecule has 1 aromatic carbocycles. The quantitative estimate of drug-likeness (QED) is 0.355. The molecular weight excluding hydrogens is 370 g/mol. The number of carbonyl (C=O) groups excluding carboxylic acids is 3. The molecule has 3 rings (SSSR count). The monoisotopic (exact) mass is 387 g/mol. The van der Waals surface area contributed by atoms with Crippen LogP contribution in [0.15, 0.2) is 36.4 Å². The molecule has 8 nitrogen and oxygen atoms in total. The number of carbonyl (C=O) groups is 3. The number of aryl methyl sites for hydroxylation is 1. The second kappa shape index (κ2) is 6.92. The van der Waals surface area contributed by atoms with E-state index < -0.39 is 22.4 Å². The minimum Gasteiger partial charge on any atom is -0.319 e. The average molecular weight is 387 g/mol. The van der Waals surface area contributed by atoms with E-state index in [2.05, 4.69) is 5.32 Å². The molecule has 0 radical (unpaired) electrons. The highest BCUT2D eigenvalue weighted by Gasteiger charge is 2.49. The van der Waals surface area contributed by atoms with Gasteiger partial charge in [0.2, 0.25) is 0 Å². The van der Waals surface area contributed by atoms with Crippen molar-refractivity contribution >= 4 is 34.7 Å².